The van der Waals surface area contributed by atoms with Gasteiger partial charge in [-0.05, 0) is 18.2 Å². The maximum Gasteiger partial charge on any atom is 0.127 e. The summed E-state index contributed by atoms with van der Waals surface area (Å²) >= 11 is 0. The Balaban J connectivity index is 1.78. The van der Waals surface area contributed by atoms with Gasteiger partial charge in [-0.15, -0.1) is 0 Å². The fraction of sp³-hybridized carbons (Fsp3) is 0.286. The summed E-state index contributed by atoms with van der Waals surface area (Å²) in [5.41, 5.74) is 3.84. The lowest BCUT2D eigenvalue weighted by Crippen LogP contribution is -2.30. The average Bonchev–Trinajstić information content (AvgIpc) is 3.03. The molecule has 102 valence electrons. The Hall–Kier alpha value is -2.21. The minimum Gasteiger partial charge on any atom is -0.347 e. The van der Waals surface area contributed by atoms with Crippen molar-refractivity contribution < 1.29 is 4.39 Å². The Morgan fingerprint density at radius 3 is 3.20 bits per heavy atom. The maximum absolute atomic E-state index is 13.4. The van der Waals surface area contributed by atoms with Crippen molar-refractivity contribution in [3.05, 3.63) is 47.6 Å². The molecule has 0 aliphatic carbocycles. The van der Waals surface area contributed by atoms with Gasteiger partial charge in [0.1, 0.15) is 11.6 Å². The van der Waals surface area contributed by atoms with E-state index in [1.165, 1.54) is 12.1 Å². The fourth-order valence-corrected chi connectivity index (χ4v) is 2.84. The van der Waals surface area contributed by atoms with Gasteiger partial charge in [0, 0.05) is 20.0 Å². The van der Waals surface area contributed by atoms with Crippen LogP contribution in [0.25, 0.3) is 11.0 Å². The van der Waals surface area contributed by atoms with Crippen LogP contribution in [0.4, 0.5) is 4.39 Å². The number of H-pyrrole nitrogens is 1. The summed E-state index contributed by atoms with van der Waals surface area (Å²) in [6.07, 6.45) is 2.51. The highest BCUT2D eigenvalue weighted by Gasteiger charge is 2.25. The van der Waals surface area contributed by atoms with Crippen LogP contribution in [-0.4, -0.2) is 19.5 Å². The number of imidazole rings is 2. The molecule has 0 spiro atoms. The van der Waals surface area contributed by atoms with Crippen LogP contribution in [0.3, 0.4) is 0 Å². The van der Waals surface area contributed by atoms with Crippen molar-refractivity contribution in [3.63, 3.8) is 0 Å². The van der Waals surface area contributed by atoms with E-state index >= 15 is 0 Å². The van der Waals surface area contributed by atoms with Gasteiger partial charge in [-0.1, -0.05) is 0 Å². The zero-order valence-corrected chi connectivity index (χ0v) is 11.0. The molecule has 0 saturated heterocycles. The van der Waals surface area contributed by atoms with Gasteiger partial charge < -0.3 is 14.9 Å². The van der Waals surface area contributed by atoms with E-state index in [0.29, 0.717) is 0 Å². The molecule has 3 aromatic rings. The second kappa shape index (κ2) is 4.14. The number of nitrogens with zero attached hydrogens (tertiary/aromatic N) is 3. The van der Waals surface area contributed by atoms with E-state index in [-0.39, 0.29) is 11.9 Å². The molecular weight excluding hydrogens is 257 g/mol. The molecule has 1 aliphatic rings. The lowest BCUT2D eigenvalue weighted by atomic mass is 10.1. The lowest BCUT2D eigenvalue weighted by molar-refractivity contribution is 0.459. The number of hydrogen-bond acceptors (Lipinski definition) is 3. The molecule has 1 aliphatic heterocycles. The predicted molar refractivity (Wildman–Crippen MR) is 72.5 cm³/mol. The first kappa shape index (κ1) is 11.6. The summed E-state index contributed by atoms with van der Waals surface area (Å²) in [5.74, 6) is 0.678. The highest BCUT2D eigenvalue weighted by molar-refractivity contribution is 5.76. The van der Waals surface area contributed by atoms with Crippen LogP contribution in [0.2, 0.25) is 0 Å². The van der Waals surface area contributed by atoms with Gasteiger partial charge in [0.05, 0.1) is 34.8 Å². The molecule has 0 saturated carbocycles. The third-order valence-electron chi connectivity index (χ3n) is 3.92. The van der Waals surface area contributed by atoms with Gasteiger partial charge >= 0.3 is 0 Å². The molecule has 6 heteroatoms. The fourth-order valence-electron chi connectivity index (χ4n) is 2.84. The van der Waals surface area contributed by atoms with Crippen LogP contribution >= 0.6 is 0 Å². The van der Waals surface area contributed by atoms with Crippen molar-refractivity contribution >= 4 is 11.0 Å². The van der Waals surface area contributed by atoms with E-state index < -0.39 is 0 Å². The van der Waals surface area contributed by atoms with Crippen molar-refractivity contribution in [2.24, 2.45) is 7.05 Å². The molecule has 2 N–H and O–H groups in total. The van der Waals surface area contributed by atoms with Crippen LogP contribution in [0.1, 0.15) is 23.3 Å². The summed E-state index contributed by atoms with van der Waals surface area (Å²) < 4.78 is 15.3. The number of hydrogen-bond donors (Lipinski definition) is 2. The van der Waals surface area contributed by atoms with E-state index in [1.54, 1.807) is 12.4 Å². The van der Waals surface area contributed by atoms with Crippen LogP contribution < -0.4 is 5.32 Å². The van der Waals surface area contributed by atoms with Crippen LogP contribution in [-0.2, 0) is 20.0 Å². The minimum absolute atomic E-state index is 0.103. The smallest absolute Gasteiger partial charge is 0.127 e. The highest BCUT2D eigenvalue weighted by atomic mass is 19.1. The van der Waals surface area contributed by atoms with Crippen molar-refractivity contribution in [1.29, 1.82) is 0 Å². The van der Waals surface area contributed by atoms with Gasteiger partial charge in [0.2, 0.25) is 0 Å². The lowest BCUT2D eigenvalue weighted by Gasteiger charge is -2.22. The molecule has 0 fully saturated rings. The van der Waals surface area contributed by atoms with Gasteiger partial charge in [0.25, 0.3) is 0 Å². The van der Waals surface area contributed by atoms with E-state index in [1.807, 2.05) is 11.6 Å². The largest absolute Gasteiger partial charge is 0.347 e. The zero-order valence-electron chi connectivity index (χ0n) is 11.0. The first-order valence-electron chi connectivity index (χ1n) is 6.59. The van der Waals surface area contributed by atoms with E-state index in [9.17, 15) is 4.39 Å². The number of aryl methyl sites for hydroxylation is 1. The third-order valence-corrected chi connectivity index (χ3v) is 3.92. The Bertz CT molecular complexity index is 788. The number of halogens is 1. The molecule has 0 amide bonds. The molecule has 4 rings (SSSR count). The second-order valence-electron chi connectivity index (χ2n) is 5.13. The average molecular weight is 271 g/mol. The van der Waals surface area contributed by atoms with Crippen molar-refractivity contribution in [3.8, 4) is 0 Å². The molecule has 1 aromatic carbocycles. The molecule has 1 atom stereocenters. The van der Waals surface area contributed by atoms with Crippen LogP contribution in [0.15, 0.2) is 24.5 Å². The van der Waals surface area contributed by atoms with Gasteiger partial charge in [-0.2, -0.15) is 0 Å². The maximum atomic E-state index is 13.4. The predicted octanol–water partition coefficient (Wildman–Crippen LogP) is 1.82. The minimum atomic E-state index is -0.238. The molecular formula is C14H14FN5. The van der Waals surface area contributed by atoms with Crippen LogP contribution in [0.5, 0.6) is 0 Å². The first-order chi connectivity index (χ1) is 9.72. The monoisotopic (exact) mass is 271 g/mol. The normalized spacial score (nSPS) is 18.4. The Morgan fingerprint density at radius 1 is 1.40 bits per heavy atom. The highest BCUT2D eigenvalue weighted by Crippen LogP contribution is 2.26. The molecule has 1 unspecified atom stereocenters. The van der Waals surface area contributed by atoms with Crippen molar-refractivity contribution in [2.75, 3.05) is 0 Å². The summed E-state index contributed by atoms with van der Waals surface area (Å²) in [6, 6.07) is 4.79. The van der Waals surface area contributed by atoms with E-state index in [2.05, 4.69) is 20.3 Å². The summed E-state index contributed by atoms with van der Waals surface area (Å²) in [5, 5.41) is 3.45. The number of rotatable bonds is 1. The Morgan fingerprint density at radius 2 is 2.30 bits per heavy atom. The van der Waals surface area contributed by atoms with Gasteiger partial charge in [-0.3, -0.25) is 0 Å². The topological polar surface area (TPSA) is 58.5 Å². The Labute approximate surface area is 114 Å². The summed E-state index contributed by atoms with van der Waals surface area (Å²) in [6.45, 7) is 0.748. The number of nitrogens with one attached hydrogen (secondary N) is 2. The van der Waals surface area contributed by atoms with Gasteiger partial charge in [0.15, 0.2) is 0 Å². The van der Waals surface area contributed by atoms with E-state index in [4.69, 9.17) is 0 Å². The summed E-state index contributed by atoms with van der Waals surface area (Å²) in [7, 11) is 1.92. The van der Waals surface area contributed by atoms with Crippen LogP contribution in [0, 0.1) is 5.82 Å². The number of aromatic nitrogens is 4. The molecule has 20 heavy (non-hydrogen) atoms. The molecule has 0 radical (unpaired) electrons. The standard InChI is InChI=1S/C14H14FN5/c1-20-13-4-8(15)2-3-9(13)19-14(20)11-5-10-12(6-16-11)18-7-17-10/h2-4,7,11,16H,5-6H2,1H3,(H,17,18). The third kappa shape index (κ3) is 1.65. The van der Waals surface area contributed by atoms with E-state index in [0.717, 1.165) is 41.2 Å². The quantitative estimate of drug-likeness (QED) is 0.710. The SMILES string of the molecule is Cn1c(C2Cc3nc[nH]c3CN2)nc2ccc(F)cc21. The number of benzene rings is 1. The van der Waals surface area contributed by atoms with Crippen molar-refractivity contribution in [2.45, 2.75) is 19.0 Å². The summed E-state index contributed by atoms with van der Waals surface area (Å²) in [4.78, 5) is 12.1. The number of aromatic amines is 1. The van der Waals surface area contributed by atoms with Gasteiger partial charge in [-0.25, -0.2) is 14.4 Å². The molecule has 5 nitrogen and oxygen atoms in total. The van der Waals surface area contributed by atoms with Crippen molar-refractivity contribution in [1.82, 2.24) is 24.8 Å². The number of fused-ring (bicyclic) bond motifs is 2. The Kier molecular flexibility index (Phi) is 2.40. The second-order valence-corrected chi connectivity index (χ2v) is 5.13. The zero-order chi connectivity index (χ0) is 13.7. The molecule has 3 heterocycles. The first-order valence-corrected chi connectivity index (χ1v) is 6.59. The molecule has 2 aromatic heterocycles. The molecule has 0 bridgehead atoms.